The maximum absolute atomic E-state index is 12.5. The van der Waals surface area contributed by atoms with Crippen LogP contribution >= 0.6 is 45.2 Å². The molecule has 1 saturated heterocycles. The van der Waals surface area contributed by atoms with Crippen LogP contribution in [0.4, 0.5) is 13.2 Å². The van der Waals surface area contributed by atoms with Crippen LogP contribution in [0.1, 0.15) is 12.8 Å². The molecule has 0 N–H and O–H groups in total. The number of hydrogen-bond acceptors (Lipinski definition) is 2. The number of alkyl halides is 5. The summed E-state index contributed by atoms with van der Waals surface area (Å²) in [6, 6.07) is -1.04. The number of sulfonamides is 1. The topological polar surface area (TPSA) is 37.4 Å². The average Bonchev–Trinajstić information content (AvgIpc) is 2.58. The summed E-state index contributed by atoms with van der Waals surface area (Å²) in [4.78, 5) is 0. The summed E-state index contributed by atoms with van der Waals surface area (Å²) in [6.07, 6.45) is 1.01. The second-order valence-corrected chi connectivity index (χ2v) is 7.07. The van der Waals surface area contributed by atoms with Gasteiger partial charge in [-0.25, -0.2) is 8.42 Å². The standard InChI is InChI=1S/C7H10F3I2NO2S/c8-7(9,10)16(14,15)13-5(3-11)1-2-6(13)4-12/h5-6H,1-4H2. The van der Waals surface area contributed by atoms with E-state index in [-0.39, 0.29) is 0 Å². The lowest BCUT2D eigenvalue weighted by Crippen LogP contribution is -2.48. The van der Waals surface area contributed by atoms with Gasteiger partial charge in [0.25, 0.3) is 0 Å². The van der Waals surface area contributed by atoms with E-state index in [0.29, 0.717) is 26.0 Å². The quantitative estimate of drug-likeness (QED) is 0.458. The molecule has 0 aromatic rings. The summed E-state index contributed by atoms with van der Waals surface area (Å²) in [7, 11) is -5.17. The van der Waals surface area contributed by atoms with E-state index in [9.17, 15) is 21.6 Å². The van der Waals surface area contributed by atoms with Crippen LogP contribution in [0.15, 0.2) is 0 Å². The van der Waals surface area contributed by atoms with Crippen LogP contribution in [0.25, 0.3) is 0 Å². The van der Waals surface area contributed by atoms with Crippen molar-refractivity contribution in [1.29, 1.82) is 0 Å². The summed E-state index contributed by atoms with van der Waals surface area (Å²) < 4.78 is 61.6. The largest absolute Gasteiger partial charge is 0.511 e. The summed E-state index contributed by atoms with van der Waals surface area (Å²) >= 11 is 3.85. The Morgan fingerprint density at radius 3 is 1.75 bits per heavy atom. The van der Waals surface area contributed by atoms with Gasteiger partial charge in [0.15, 0.2) is 0 Å². The van der Waals surface area contributed by atoms with E-state index in [4.69, 9.17) is 0 Å². The third-order valence-electron chi connectivity index (χ3n) is 2.48. The molecule has 1 fully saturated rings. The van der Waals surface area contributed by atoms with Gasteiger partial charge in [-0.3, -0.25) is 0 Å². The molecule has 0 aromatic carbocycles. The zero-order valence-electron chi connectivity index (χ0n) is 8.04. The molecule has 0 spiro atoms. The van der Waals surface area contributed by atoms with Crippen LogP contribution in [-0.2, 0) is 10.0 Å². The predicted molar refractivity (Wildman–Crippen MR) is 71.4 cm³/mol. The van der Waals surface area contributed by atoms with Crippen molar-refractivity contribution < 1.29 is 21.6 Å². The molecule has 0 aliphatic carbocycles. The predicted octanol–water partition coefficient (Wildman–Crippen LogP) is 2.54. The molecule has 96 valence electrons. The van der Waals surface area contributed by atoms with Gasteiger partial charge in [-0.1, -0.05) is 45.2 Å². The highest BCUT2D eigenvalue weighted by molar-refractivity contribution is 14.1. The molecular weight excluding hydrogens is 473 g/mol. The molecule has 1 rings (SSSR count). The van der Waals surface area contributed by atoms with Crippen LogP contribution in [0, 0.1) is 0 Å². The maximum atomic E-state index is 12.5. The van der Waals surface area contributed by atoms with Crippen molar-refractivity contribution in [3.05, 3.63) is 0 Å². The molecule has 2 unspecified atom stereocenters. The molecular formula is C7H10F3I2NO2S. The lowest BCUT2D eigenvalue weighted by atomic mass is 10.2. The van der Waals surface area contributed by atoms with Crippen LogP contribution in [0.3, 0.4) is 0 Å². The SMILES string of the molecule is O=S(=O)(N1C(CI)CCC1CI)C(F)(F)F. The Hall–Kier alpha value is 1.16. The van der Waals surface area contributed by atoms with Crippen LogP contribution < -0.4 is 0 Å². The molecule has 0 aromatic heterocycles. The van der Waals surface area contributed by atoms with E-state index in [2.05, 4.69) is 0 Å². The molecule has 0 amide bonds. The third kappa shape index (κ3) is 2.76. The van der Waals surface area contributed by atoms with Gasteiger partial charge in [-0.2, -0.15) is 17.5 Å². The average molecular weight is 483 g/mol. The zero-order valence-corrected chi connectivity index (χ0v) is 13.2. The Morgan fingerprint density at radius 2 is 1.50 bits per heavy atom. The number of hydrogen-bond donors (Lipinski definition) is 0. The van der Waals surface area contributed by atoms with E-state index >= 15 is 0 Å². The minimum atomic E-state index is -5.19. The lowest BCUT2D eigenvalue weighted by molar-refractivity contribution is -0.0498. The van der Waals surface area contributed by atoms with E-state index in [0.717, 1.165) is 0 Å². The first-order valence-electron chi connectivity index (χ1n) is 4.47. The van der Waals surface area contributed by atoms with Crippen molar-refractivity contribution in [2.45, 2.75) is 30.4 Å². The van der Waals surface area contributed by atoms with Gasteiger partial charge >= 0.3 is 15.5 Å². The fourth-order valence-corrected chi connectivity index (χ4v) is 5.39. The Kier molecular flexibility index (Phi) is 5.16. The maximum Gasteiger partial charge on any atom is 0.511 e. The zero-order chi connectivity index (χ0) is 12.6. The van der Waals surface area contributed by atoms with E-state index in [1.165, 1.54) is 0 Å². The molecule has 16 heavy (non-hydrogen) atoms. The molecule has 0 bridgehead atoms. The molecule has 0 radical (unpaired) electrons. The van der Waals surface area contributed by atoms with E-state index in [1.807, 2.05) is 45.2 Å². The lowest BCUT2D eigenvalue weighted by Gasteiger charge is -2.28. The first-order chi connectivity index (χ1) is 7.25. The molecule has 2 atom stereocenters. The Morgan fingerprint density at radius 1 is 1.12 bits per heavy atom. The van der Waals surface area contributed by atoms with Crippen LogP contribution in [0.5, 0.6) is 0 Å². The second-order valence-electron chi connectivity index (χ2n) is 3.47. The van der Waals surface area contributed by atoms with Crippen LogP contribution in [-0.4, -0.2) is 39.2 Å². The van der Waals surface area contributed by atoms with Crippen molar-refractivity contribution in [3.8, 4) is 0 Å². The first kappa shape index (κ1) is 15.2. The minimum Gasteiger partial charge on any atom is -0.203 e. The number of halogens is 5. The van der Waals surface area contributed by atoms with Crippen molar-refractivity contribution >= 4 is 55.2 Å². The van der Waals surface area contributed by atoms with Crippen molar-refractivity contribution in [3.63, 3.8) is 0 Å². The van der Waals surface area contributed by atoms with Gasteiger partial charge in [0.1, 0.15) is 0 Å². The molecule has 0 saturated carbocycles. The summed E-state index contributed by atoms with van der Waals surface area (Å²) in [5.41, 5.74) is -5.19. The highest BCUT2D eigenvalue weighted by Gasteiger charge is 2.55. The normalized spacial score (nSPS) is 28.6. The van der Waals surface area contributed by atoms with E-state index in [1.54, 1.807) is 0 Å². The molecule has 3 nitrogen and oxygen atoms in total. The highest BCUT2D eigenvalue weighted by atomic mass is 127. The van der Waals surface area contributed by atoms with Crippen LogP contribution in [0.2, 0.25) is 0 Å². The molecule has 1 heterocycles. The summed E-state index contributed by atoms with van der Waals surface area (Å²) in [5.74, 6) is 0. The van der Waals surface area contributed by atoms with Gasteiger partial charge < -0.3 is 0 Å². The fraction of sp³-hybridized carbons (Fsp3) is 1.00. The minimum absolute atomic E-state index is 0.389. The van der Waals surface area contributed by atoms with E-state index < -0.39 is 27.6 Å². The number of rotatable bonds is 3. The highest BCUT2D eigenvalue weighted by Crippen LogP contribution is 2.36. The van der Waals surface area contributed by atoms with Crippen molar-refractivity contribution in [2.75, 3.05) is 8.86 Å². The monoisotopic (exact) mass is 483 g/mol. The Bertz CT molecular complexity index is 334. The third-order valence-corrected chi connectivity index (χ3v) is 6.25. The van der Waals surface area contributed by atoms with Gasteiger partial charge in [0.2, 0.25) is 0 Å². The van der Waals surface area contributed by atoms with Gasteiger partial charge in [-0.05, 0) is 12.8 Å². The summed E-state index contributed by atoms with van der Waals surface area (Å²) in [5, 5.41) is 0. The van der Waals surface area contributed by atoms with Gasteiger partial charge in [0.05, 0.1) is 0 Å². The first-order valence-corrected chi connectivity index (χ1v) is 8.96. The van der Waals surface area contributed by atoms with Crippen molar-refractivity contribution in [1.82, 2.24) is 4.31 Å². The van der Waals surface area contributed by atoms with Crippen molar-refractivity contribution in [2.24, 2.45) is 0 Å². The molecule has 9 heteroatoms. The Labute approximate surface area is 119 Å². The smallest absolute Gasteiger partial charge is 0.203 e. The second kappa shape index (κ2) is 5.43. The number of nitrogens with zero attached hydrogens (tertiary/aromatic N) is 1. The van der Waals surface area contributed by atoms with Gasteiger partial charge in [0, 0.05) is 20.9 Å². The fourth-order valence-electron chi connectivity index (χ4n) is 1.74. The van der Waals surface area contributed by atoms with Gasteiger partial charge in [-0.15, -0.1) is 0 Å². The summed E-state index contributed by atoms with van der Waals surface area (Å²) in [6.45, 7) is 0. The molecule has 1 aliphatic rings. The Balaban J connectivity index is 3.08. The molecule has 1 aliphatic heterocycles.